The van der Waals surface area contributed by atoms with E-state index in [0.29, 0.717) is 36.8 Å². The van der Waals surface area contributed by atoms with Crippen LogP contribution in [0.15, 0.2) is 18.2 Å². The van der Waals surface area contributed by atoms with Crippen molar-refractivity contribution in [2.24, 2.45) is 11.3 Å². The van der Waals surface area contributed by atoms with Crippen molar-refractivity contribution >= 4 is 11.8 Å². The highest BCUT2D eigenvalue weighted by atomic mass is 16.5. The molecule has 1 aromatic rings. The first-order chi connectivity index (χ1) is 12.5. The van der Waals surface area contributed by atoms with E-state index >= 15 is 0 Å². The van der Waals surface area contributed by atoms with Crippen molar-refractivity contribution in [2.75, 3.05) is 27.3 Å². The number of benzene rings is 1. The Balaban J connectivity index is 1.60. The second kappa shape index (κ2) is 7.56. The Morgan fingerprint density at radius 3 is 2.38 bits per heavy atom. The van der Waals surface area contributed by atoms with Crippen LogP contribution in [-0.4, -0.2) is 44.0 Å². The first-order valence-corrected chi connectivity index (χ1v) is 9.29. The first kappa shape index (κ1) is 18.5. The minimum Gasteiger partial charge on any atom is -0.493 e. The molecule has 1 aliphatic carbocycles. The van der Waals surface area contributed by atoms with Gasteiger partial charge in [-0.05, 0) is 49.3 Å². The molecule has 26 heavy (non-hydrogen) atoms. The lowest BCUT2D eigenvalue weighted by molar-refractivity contribution is -0.145. The molecule has 6 nitrogen and oxygen atoms in total. The number of hydrogen-bond donors (Lipinski definition) is 1. The van der Waals surface area contributed by atoms with Crippen LogP contribution in [0.25, 0.3) is 0 Å². The zero-order valence-corrected chi connectivity index (χ0v) is 15.8. The molecule has 0 bridgehead atoms. The molecule has 6 heteroatoms. The molecule has 0 aromatic heterocycles. The summed E-state index contributed by atoms with van der Waals surface area (Å²) in [5, 5.41) is 2.94. The van der Waals surface area contributed by atoms with Gasteiger partial charge in [-0.2, -0.15) is 0 Å². The number of hydrogen-bond acceptors (Lipinski definition) is 4. The SMILES string of the molecule is COc1ccc(CNC(=O)C2(C(=O)N3CCC(C)CC3)CC2)cc1OC. The minimum atomic E-state index is -0.836. The Morgan fingerprint density at radius 1 is 1.15 bits per heavy atom. The molecule has 2 aliphatic rings. The summed E-state index contributed by atoms with van der Waals surface area (Å²) in [4.78, 5) is 27.4. The van der Waals surface area contributed by atoms with E-state index in [1.807, 2.05) is 23.1 Å². The monoisotopic (exact) mass is 360 g/mol. The Morgan fingerprint density at radius 2 is 1.81 bits per heavy atom. The van der Waals surface area contributed by atoms with Crippen LogP contribution in [0.2, 0.25) is 0 Å². The number of carbonyl (C=O) groups excluding carboxylic acids is 2. The summed E-state index contributed by atoms with van der Waals surface area (Å²) >= 11 is 0. The molecule has 0 atom stereocenters. The van der Waals surface area contributed by atoms with E-state index in [0.717, 1.165) is 31.5 Å². The zero-order chi connectivity index (χ0) is 18.7. The number of carbonyl (C=O) groups is 2. The molecule has 1 aliphatic heterocycles. The number of amides is 2. The molecule has 0 unspecified atom stereocenters. The highest BCUT2D eigenvalue weighted by molar-refractivity contribution is 6.07. The number of rotatable bonds is 6. The van der Waals surface area contributed by atoms with Crippen molar-refractivity contribution in [3.05, 3.63) is 23.8 Å². The van der Waals surface area contributed by atoms with Crippen LogP contribution in [0, 0.1) is 11.3 Å². The maximum absolute atomic E-state index is 12.9. The molecule has 3 rings (SSSR count). The number of nitrogens with zero attached hydrogens (tertiary/aromatic N) is 1. The fourth-order valence-electron chi connectivity index (χ4n) is 3.52. The number of nitrogens with one attached hydrogen (secondary N) is 1. The average molecular weight is 360 g/mol. The van der Waals surface area contributed by atoms with Gasteiger partial charge in [0.15, 0.2) is 11.5 Å². The number of ether oxygens (including phenoxy) is 2. The van der Waals surface area contributed by atoms with Gasteiger partial charge in [-0.15, -0.1) is 0 Å². The van der Waals surface area contributed by atoms with Crippen molar-refractivity contribution in [1.82, 2.24) is 10.2 Å². The van der Waals surface area contributed by atoms with Crippen molar-refractivity contribution < 1.29 is 19.1 Å². The third-order valence-corrected chi connectivity index (χ3v) is 5.57. The third-order valence-electron chi connectivity index (χ3n) is 5.57. The summed E-state index contributed by atoms with van der Waals surface area (Å²) in [5.74, 6) is 1.79. The molecule has 2 fully saturated rings. The van der Waals surface area contributed by atoms with Gasteiger partial charge in [0.05, 0.1) is 14.2 Å². The largest absolute Gasteiger partial charge is 0.493 e. The van der Waals surface area contributed by atoms with Gasteiger partial charge in [0.25, 0.3) is 0 Å². The molecule has 1 N–H and O–H groups in total. The maximum atomic E-state index is 12.9. The van der Waals surface area contributed by atoms with Gasteiger partial charge in [0.2, 0.25) is 11.8 Å². The second-order valence-electron chi connectivity index (χ2n) is 7.43. The van der Waals surface area contributed by atoms with Crippen LogP contribution in [-0.2, 0) is 16.1 Å². The van der Waals surface area contributed by atoms with E-state index < -0.39 is 5.41 Å². The van der Waals surface area contributed by atoms with E-state index in [1.54, 1.807) is 14.2 Å². The smallest absolute Gasteiger partial charge is 0.238 e. The molecule has 1 saturated carbocycles. The molecule has 0 spiro atoms. The van der Waals surface area contributed by atoms with E-state index in [9.17, 15) is 9.59 Å². The van der Waals surface area contributed by atoms with Crippen LogP contribution in [0.3, 0.4) is 0 Å². The lowest BCUT2D eigenvalue weighted by Gasteiger charge is -2.32. The lowest BCUT2D eigenvalue weighted by atomic mass is 9.96. The van der Waals surface area contributed by atoms with Gasteiger partial charge in [-0.25, -0.2) is 0 Å². The normalized spacial score (nSPS) is 19.0. The van der Waals surface area contributed by atoms with Crippen LogP contribution in [0.5, 0.6) is 11.5 Å². The Labute approximate surface area is 154 Å². The number of methoxy groups -OCH3 is 2. The van der Waals surface area contributed by atoms with Gasteiger partial charge in [-0.3, -0.25) is 9.59 Å². The molecular weight excluding hydrogens is 332 g/mol. The Kier molecular flexibility index (Phi) is 5.39. The predicted molar refractivity (Wildman–Crippen MR) is 98.0 cm³/mol. The Bertz CT molecular complexity index is 676. The van der Waals surface area contributed by atoms with E-state index in [2.05, 4.69) is 12.2 Å². The summed E-state index contributed by atoms with van der Waals surface area (Å²) in [6.45, 7) is 4.12. The fraction of sp³-hybridized carbons (Fsp3) is 0.600. The van der Waals surface area contributed by atoms with Crippen molar-refractivity contribution in [1.29, 1.82) is 0 Å². The highest BCUT2D eigenvalue weighted by Gasteiger charge is 2.57. The predicted octanol–water partition coefficient (Wildman–Crippen LogP) is 2.36. The summed E-state index contributed by atoms with van der Waals surface area (Å²) in [6, 6.07) is 5.54. The van der Waals surface area contributed by atoms with Crippen LogP contribution >= 0.6 is 0 Å². The summed E-state index contributed by atoms with van der Waals surface area (Å²) < 4.78 is 10.5. The standard InChI is InChI=1S/C20H28N2O4/c1-14-6-10-22(11-7-14)19(24)20(8-9-20)18(23)21-13-15-4-5-16(25-2)17(12-15)26-3/h4-5,12,14H,6-11,13H2,1-3H3,(H,21,23). The van der Waals surface area contributed by atoms with Gasteiger partial charge in [0, 0.05) is 19.6 Å². The topological polar surface area (TPSA) is 67.9 Å². The molecule has 1 aromatic carbocycles. The molecular formula is C20H28N2O4. The van der Waals surface area contributed by atoms with Gasteiger partial charge in [0.1, 0.15) is 5.41 Å². The molecule has 0 radical (unpaired) electrons. The van der Waals surface area contributed by atoms with Crippen LogP contribution in [0.1, 0.15) is 38.2 Å². The lowest BCUT2D eigenvalue weighted by Crippen LogP contribution is -2.47. The zero-order valence-electron chi connectivity index (χ0n) is 15.8. The first-order valence-electron chi connectivity index (χ1n) is 9.29. The van der Waals surface area contributed by atoms with E-state index in [1.165, 1.54) is 0 Å². The second-order valence-corrected chi connectivity index (χ2v) is 7.43. The third kappa shape index (κ3) is 3.64. The molecule has 1 saturated heterocycles. The Hall–Kier alpha value is -2.24. The number of likely N-dealkylation sites (tertiary alicyclic amines) is 1. The minimum absolute atomic E-state index is 0.00853. The van der Waals surface area contributed by atoms with Gasteiger partial charge in [-0.1, -0.05) is 13.0 Å². The van der Waals surface area contributed by atoms with Crippen molar-refractivity contribution in [2.45, 2.75) is 39.2 Å². The van der Waals surface area contributed by atoms with Crippen molar-refractivity contribution in [3.63, 3.8) is 0 Å². The van der Waals surface area contributed by atoms with Crippen molar-refractivity contribution in [3.8, 4) is 11.5 Å². The van der Waals surface area contributed by atoms with Crippen LogP contribution in [0.4, 0.5) is 0 Å². The summed E-state index contributed by atoms with van der Waals surface area (Å²) in [5.41, 5.74) is 0.0722. The number of piperidine rings is 1. The molecule has 2 amide bonds. The average Bonchev–Trinajstić information content (AvgIpc) is 3.48. The highest BCUT2D eigenvalue weighted by Crippen LogP contribution is 2.48. The fourth-order valence-corrected chi connectivity index (χ4v) is 3.52. The molecule has 142 valence electrons. The van der Waals surface area contributed by atoms with E-state index in [-0.39, 0.29) is 11.8 Å². The molecule has 1 heterocycles. The summed E-state index contributed by atoms with van der Waals surface area (Å²) in [7, 11) is 3.17. The van der Waals surface area contributed by atoms with Gasteiger partial charge < -0.3 is 19.7 Å². The quantitative estimate of drug-likeness (QED) is 0.791. The van der Waals surface area contributed by atoms with Gasteiger partial charge >= 0.3 is 0 Å². The van der Waals surface area contributed by atoms with Crippen LogP contribution < -0.4 is 14.8 Å². The maximum Gasteiger partial charge on any atom is 0.238 e. The van der Waals surface area contributed by atoms with E-state index in [4.69, 9.17) is 9.47 Å². The summed E-state index contributed by atoms with van der Waals surface area (Å²) in [6.07, 6.45) is 3.34.